The first-order chi connectivity index (χ1) is 4.24. The van der Waals surface area contributed by atoms with Crippen molar-refractivity contribution in [3.8, 4) is 0 Å². The van der Waals surface area contributed by atoms with E-state index in [1.54, 1.807) is 0 Å². The van der Waals surface area contributed by atoms with E-state index in [0.29, 0.717) is 0 Å². The van der Waals surface area contributed by atoms with Crippen LogP contribution in [0.15, 0.2) is 11.8 Å². The van der Waals surface area contributed by atoms with Crippen LogP contribution in [-0.2, 0) is 9.59 Å². The quantitative estimate of drug-likeness (QED) is 0.216. The second-order valence-corrected chi connectivity index (χ2v) is 1.52. The minimum absolute atomic E-state index is 0.0972. The van der Waals surface area contributed by atoms with Crippen LogP contribution in [0.5, 0.6) is 0 Å². The van der Waals surface area contributed by atoms with Crippen LogP contribution >= 0.6 is 0 Å². The number of hydrogen-bond acceptors (Lipinski definition) is 4. The summed E-state index contributed by atoms with van der Waals surface area (Å²) < 4.78 is 0. The smallest absolute Gasteiger partial charge is 0.275 e. The lowest BCUT2D eigenvalue weighted by Crippen LogP contribution is -2.30. The number of nitrogens with two attached hydrogens (primary N) is 1. The van der Waals surface area contributed by atoms with E-state index >= 15 is 0 Å². The molecule has 48 valence electrons. The summed E-state index contributed by atoms with van der Waals surface area (Å²) in [6.45, 7) is 0. The van der Waals surface area contributed by atoms with Crippen LogP contribution in [0.4, 0.5) is 0 Å². The molecule has 0 unspecified atom stereocenters. The van der Waals surface area contributed by atoms with Gasteiger partial charge in [-0.3, -0.25) is 20.7 Å². The fraction of sp³-hybridized carbons (Fsp3) is 0. The van der Waals surface area contributed by atoms with Gasteiger partial charge in [-0.1, -0.05) is 0 Å². The van der Waals surface area contributed by atoms with Crippen molar-refractivity contribution >= 4 is 11.8 Å². The van der Waals surface area contributed by atoms with Crippen molar-refractivity contribution in [2.24, 2.45) is 5.84 Å². The second kappa shape index (κ2) is 1.87. The normalized spacial score (nSPS) is 17.2. The molecular weight excluding hydrogens is 122 g/mol. The minimum Gasteiger partial charge on any atom is -0.319 e. The van der Waals surface area contributed by atoms with E-state index < -0.39 is 11.8 Å². The SMILES string of the molecule is NNC1=CC(=O)NC1=O. The van der Waals surface area contributed by atoms with Gasteiger partial charge in [-0.2, -0.15) is 0 Å². The molecule has 0 saturated heterocycles. The van der Waals surface area contributed by atoms with Gasteiger partial charge >= 0.3 is 0 Å². The van der Waals surface area contributed by atoms with Gasteiger partial charge in [0.25, 0.3) is 11.8 Å². The van der Waals surface area contributed by atoms with Gasteiger partial charge in [0.1, 0.15) is 5.70 Å². The van der Waals surface area contributed by atoms with E-state index in [9.17, 15) is 9.59 Å². The maximum atomic E-state index is 10.5. The molecule has 0 aliphatic carbocycles. The Hall–Kier alpha value is -1.36. The van der Waals surface area contributed by atoms with Gasteiger partial charge in [0.05, 0.1) is 0 Å². The van der Waals surface area contributed by atoms with Crippen molar-refractivity contribution in [2.75, 3.05) is 0 Å². The predicted molar refractivity (Wildman–Crippen MR) is 28.6 cm³/mol. The monoisotopic (exact) mass is 127 g/mol. The Morgan fingerprint density at radius 3 is 2.44 bits per heavy atom. The first-order valence-corrected chi connectivity index (χ1v) is 2.27. The number of carbonyl (C=O) groups excluding carboxylic acids is 2. The summed E-state index contributed by atoms with van der Waals surface area (Å²) in [7, 11) is 0. The molecule has 1 aliphatic rings. The van der Waals surface area contributed by atoms with E-state index in [2.05, 4.69) is 5.43 Å². The number of hydrogen-bond donors (Lipinski definition) is 3. The molecular formula is C4H5N3O2. The second-order valence-electron chi connectivity index (χ2n) is 1.52. The van der Waals surface area contributed by atoms with Crippen molar-refractivity contribution < 1.29 is 9.59 Å². The van der Waals surface area contributed by atoms with E-state index in [1.807, 2.05) is 5.32 Å². The summed E-state index contributed by atoms with van der Waals surface area (Å²) in [5.74, 6) is 3.93. The number of imide groups is 1. The molecule has 0 fully saturated rings. The van der Waals surface area contributed by atoms with Crippen LogP contribution in [0.25, 0.3) is 0 Å². The van der Waals surface area contributed by atoms with Crippen molar-refractivity contribution in [1.29, 1.82) is 0 Å². The molecule has 2 amide bonds. The summed E-state index contributed by atoms with van der Waals surface area (Å²) >= 11 is 0. The van der Waals surface area contributed by atoms with E-state index in [4.69, 9.17) is 5.84 Å². The third-order valence-corrected chi connectivity index (χ3v) is 0.912. The molecule has 0 radical (unpaired) electrons. The molecule has 5 nitrogen and oxygen atoms in total. The van der Waals surface area contributed by atoms with Crippen LogP contribution < -0.4 is 16.6 Å². The third kappa shape index (κ3) is 0.895. The molecule has 0 bridgehead atoms. The summed E-state index contributed by atoms with van der Waals surface area (Å²) in [6.07, 6.45) is 1.10. The number of rotatable bonds is 1. The average molecular weight is 127 g/mol. The van der Waals surface area contributed by atoms with Crippen molar-refractivity contribution in [2.45, 2.75) is 0 Å². The van der Waals surface area contributed by atoms with Gasteiger partial charge in [0, 0.05) is 6.08 Å². The highest BCUT2D eigenvalue weighted by Gasteiger charge is 2.18. The lowest BCUT2D eigenvalue weighted by atomic mass is 10.4. The van der Waals surface area contributed by atoms with E-state index in [0.717, 1.165) is 6.08 Å². The zero-order chi connectivity index (χ0) is 6.85. The maximum absolute atomic E-state index is 10.5. The molecule has 0 aromatic rings. The topological polar surface area (TPSA) is 84.2 Å². The molecule has 0 aromatic heterocycles. The van der Waals surface area contributed by atoms with Crippen LogP contribution in [0.3, 0.4) is 0 Å². The van der Waals surface area contributed by atoms with Gasteiger partial charge in [-0.05, 0) is 0 Å². The summed E-state index contributed by atoms with van der Waals surface area (Å²) in [5, 5.41) is 2.00. The lowest BCUT2D eigenvalue weighted by molar-refractivity contribution is -0.124. The van der Waals surface area contributed by atoms with Gasteiger partial charge in [0.15, 0.2) is 0 Å². The highest BCUT2D eigenvalue weighted by atomic mass is 16.2. The molecule has 0 aromatic carbocycles. The Balaban J connectivity index is 2.80. The Kier molecular flexibility index (Phi) is 1.20. The number of amides is 2. The molecule has 1 aliphatic heterocycles. The van der Waals surface area contributed by atoms with Crippen molar-refractivity contribution in [3.05, 3.63) is 11.8 Å². The molecule has 5 heteroatoms. The van der Waals surface area contributed by atoms with E-state index in [1.165, 1.54) is 0 Å². The molecule has 0 saturated carbocycles. The predicted octanol–water partition coefficient (Wildman–Crippen LogP) is -2.01. The van der Waals surface area contributed by atoms with Gasteiger partial charge < -0.3 is 5.43 Å². The van der Waals surface area contributed by atoms with Crippen LogP contribution in [-0.4, -0.2) is 11.8 Å². The highest BCUT2D eigenvalue weighted by molar-refractivity contribution is 6.15. The number of hydrazine groups is 1. The first-order valence-electron chi connectivity index (χ1n) is 2.27. The van der Waals surface area contributed by atoms with Crippen LogP contribution in [0.1, 0.15) is 0 Å². The average Bonchev–Trinajstić information content (AvgIpc) is 2.10. The maximum Gasteiger partial charge on any atom is 0.275 e. The fourth-order valence-corrected chi connectivity index (χ4v) is 0.519. The zero-order valence-corrected chi connectivity index (χ0v) is 4.47. The van der Waals surface area contributed by atoms with Crippen LogP contribution in [0, 0.1) is 0 Å². The van der Waals surface area contributed by atoms with Gasteiger partial charge in [-0.25, -0.2) is 0 Å². The molecule has 0 atom stereocenters. The minimum atomic E-state index is -0.484. The number of carbonyl (C=O) groups is 2. The van der Waals surface area contributed by atoms with Crippen LogP contribution in [0.2, 0.25) is 0 Å². The molecule has 0 spiro atoms. The summed E-state index contributed by atoms with van der Waals surface area (Å²) in [5.41, 5.74) is 2.17. The van der Waals surface area contributed by atoms with Crippen molar-refractivity contribution in [3.63, 3.8) is 0 Å². The Labute approximate surface area is 50.9 Å². The molecule has 9 heavy (non-hydrogen) atoms. The largest absolute Gasteiger partial charge is 0.319 e. The molecule has 1 heterocycles. The molecule has 1 rings (SSSR count). The molecule has 4 N–H and O–H groups in total. The number of nitrogens with one attached hydrogen (secondary N) is 2. The Bertz CT molecular complexity index is 196. The first kappa shape index (κ1) is 5.77. The fourth-order valence-electron chi connectivity index (χ4n) is 0.519. The third-order valence-electron chi connectivity index (χ3n) is 0.912. The van der Waals surface area contributed by atoms with Gasteiger partial charge in [0.2, 0.25) is 0 Å². The van der Waals surface area contributed by atoms with E-state index in [-0.39, 0.29) is 5.70 Å². The zero-order valence-electron chi connectivity index (χ0n) is 4.47. The van der Waals surface area contributed by atoms with Crippen molar-refractivity contribution in [1.82, 2.24) is 10.7 Å². The summed E-state index contributed by atoms with van der Waals surface area (Å²) in [6, 6.07) is 0. The summed E-state index contributed by atoms with van der Waals surface area (Å²) in [4.78, 5) is 20.8. The Morgan fingerprint density at radius 1 is 1.56 bits per heavy atom. The highest BCUT2D eigenvalue weighted by Crippen LogP contribution is 1.94. The standard InChI is InChI=1S/C4H5N3O2/c5-7-2-1-3(8)6-4(2)9/h1H,5H2,(H2,6,7,8,9). The Morgan fingerprint density at radius 2 is 2.22 bits per heavy atom. The lowest BCUT2D eigenvalue weighted by Gasteiger charge is -1.93. The van der Waals surface area contributed by atoms with Gasteiger partial charge in [-0.15, -0.1) is 0 Å².